The summed E-state index contributed by atoms with van der Waals surface area (Å²) < 4.78 is 0. The van der Waals surface area contributed by atoms with Gasteiger partial charge in [-0.2, -0.15) is 12.6 Å². The van der Waals surface area contributed by atoms with Crippen molar-refractivity contribution in [2.75, 3.05) is 12.3 Å². The molecule has 0 saturated carbocycles. The second-order valence-electron chi connectivity index (χ2n) is 5.93. The Kier molecular flexibility index (Phi) is 5.55. The van der Waals surface area contributed by atoms with Gasteiger partial charge in [0.1, 0.15) is 0 Å². The Balaban J connectivity index is 1.70. The first-order chi connectivity index (χ1) is 11.8. The zero-order chi connectivity index (χ0) is 16.8. The van der Waals surface area contributed by atoms with Crippen molar-refractivity contribution >= 4 is 24.1 Å². The minimum absolute atomic E-state index is 0.115. The first-order valence-corrected chi connectivity index (χ1v) is 8.79. The van der Waals surface area contributed by atoms with Crippen molar-refractivity contribution in [1.29, 1.82) is 0 Å². The Labute approximate surface area is 148 Å². The summed E-state index contributed by atoms with van der Waals surface area (Å²) in [7, 11) is 0. The highest BCUT2D eigenvalue weighted by molar-refractivity contribution is 7.80. The monoisotopic (exact) mass is 335 g/mol. The molecule has 2 aromatic rings. The van der Waals surface area contributed by atoms with Crippen LogP contribution < -0.4 is 0 Å². The van der Waals surface area contributed by atoms with Crippen LogP contribution in [0.4, 0.5) is 0 Å². The number of hydrogen-bond acceptors (Lipinski definition) is 2. The average Bonchev–Trinajstić information content (AvgIpc) is 2.67. The molecule has 24 heavy (non-hydrogen) atoms. The third-order valence-corrected chi connectivity index (χ3v) is 4.67. The second kappa shape index (κ2) is 8.02. The molecule has 122 valence electrons. The van der Waals surface area contributed by atoms with Gasteiger partial charge in [-0.1, -0.05) is 66.7 Å². The van der Waals surface area contributed by atoms with Gasteiger partial charge in [-0.25, -0.2) is 0 Å². The molecule has 1 unspecified atom stereocenters. The maximum Gasteiger partial charge on any atom is 0.231 e. The highest BCUT2D eigenvalue weighted by atomic mass is 32.1. The maximum atomic E-state index is 12.9. The standard InChI is InChI=1S/C21H21NOS/c23-21(20(16-24)14-17-8-3-1-4-9-17)22-13-7-12-19(15-22)18-10-5-2-6-11-18/h1-13,20,24H,14-16H2. The Morgan fingerprint density at radius 3 is 2.38 bits per heavy atom. The van der Waals surface area contributed by atoms with E-state index in [0.29, 0.717) is 12.3 Å². The van der Waals surface area contributed by atoms with E-state index >= 15 is 0 Å². The van der Waals surface area contributed by atoms with Gasteiger partial charge in [0.2, 0.25) is 5.91 Å². The SMILES string of the molecule is O=C(C(CS)Cc1ccccc1)N1C=CC=C(c2ccccc2)C1. The van der Waals surface area contributed by atoms with Crippen LogP contribution in [0, 0.1) is 5.92 Å². The molecule has 0 N–H and O–H groups in total. The number of amides is 1. The molecule has 0 aromatic heterocycles. The Bertz CT molecular complexity index is 737. The Morgan fingerprint density at radius 2 is 1.71 bits per heavy atom. The van der Waals surface area contributed by atoms with Crippen molar-refractivity contribution in [2.45, 2.75) is 6.42 Å². The number of benzene rings is 2. The summed E-state index contributed by atoms with van der Waals surface area (Å²) in [5.74, 6) is 0.560. The van der Waals surface area contributed by atoms with Gasteiger partial charge in [-0.3, -0.25) is 4.79 Å². The molecule has 1 heterocycles. The molecular formula is C21H21NOS. The summed E-state index contributed by atoms with van der Waals surface area (Å²) in [6.07, 6.45) is 6.61. The van der Waals surface area contributed by atoms with Crippen molar-refractivity contribution in [3.8, 4) is 0 Å². The van der Waals surface area contributed by atoms with Crippen LogP contribution in [0.3, 0.4) is 0 Å². The summed E-state index contributed by atoms with van der Waals surface area (Å²) in [4.78, 5) is 14.7. The molecule has 0 aliphatic carbocycles. The average molecular weight is 335 g/mol. The molecule has 2 nitrogen and oxygen atoms in total. The van der Waals surface area contributed by atoms with Crippen LogP contribution in [0.25, 0.3) is 5.57 Å². The topological polar surface area (TPSA) is 20.3 Å². The van der Waals surface area contributed by atoms with Gasteiger partial charge in [-0.15, -0.1) is 0 Å². The first kappa shape index (κ1) is 16.6. The number of thiol groups is 1. The predicted octanol–water partition coefficient (Wildman–Crippen LogP) is 4.21. The highest BCUT2D eigenvalue weighted by Gasteiger charge is 2.24. The number of nitrogens with zero attached hydrogens (tertiary/aromatic N) is 1. The molecule has 1 atom stereocenters. The van der Waals surface area contributed by atoms with Crippen LogP contribution in [0.5, 0.6) is 0 Å². The fourth-order valence-electron chi connectivity index (χ4n) is 2.91. The lowest BCUT2D eigenvalue weighted by Gasteiger charge is -2.27. The minimum atomic E-state index is -0.115. The van der Waals surface area contributed by atoms with E-state index in [1.54, 1.807) is 0 Å². The van der Waals surface area contributed by atoms with Gasteiger partial charge in [0.25, 0.3) is 0 Å². The highest BCUT2D eigenvalue weighted by Crippen LogP contribution is 2.22. The van der Waals surface area contributed by atoms with E-state index in [-0.39, 0.29) is 11.8 Å². The van der Waals surface area contributed by atoms with Gasteiger partial charge < -0.3 is 4.90 Å². The van der Waals surface area contributed by atoms with Crippen LogP contribution in [0.1, 0.15) is 11.1 Å². The van der Waals surface area contributed by atoms with Crippen molar-refractivity contribution < 1.29 is 4.79 Å². The number of rotatable bonds is 5. The summed E-state index contributed by atoms with van der Waals surface area (Å²) in [6, 6.07) is 20.3. The number of allylic oxidation sites excluding steroid dienone is 2. The zero-order valence-corrected chi connectivity index (χ0v) is 14.4. The second-order valence-corrected chi connectivity index (χ2v) is 6.30. The number of carbonyl (C=O) groups excluding carboxylic acids is 1. The fourth-order valence-corrected chi connectivity index (χ4v) is 3.19. The number of hydrogen-bond donors (Lipinski definition) is 1. The third kappa shape index (κ3) is 3.98. The van der Waals surface area contributed by atoms with Crippen molar-refractivity contribution in [2.24, 2.45) is 5.92 Å². The molecule has 3 rings (SSSR count). The number of carbonyl (C=O) groups is 1. The predicted molar refractivity (Wildman–Crippen MR) is 103 cm³/mol. The summed E-state index contributed by atoms with van der Waals surface area (Å²) in [5, 5.41) is 0. The molecule has 0 saturated heterocycles. The van der Waals surface area contributed by atoms with Gasteiger partial charge in [-0.05, 0) is 29.2 Å². The largest absolute Gasteiger partial charge is 0.314 e. The lowest BCUT2D eigenvalue weighted by molar-refractivity contribution is -0.131. The van der Waals surface area contributed by atoms with E-state index < -0.39 is 0 Å². The van der Waals surface area contributed by atoms with Gasteiger partial charge >= 0.3 is 0 Å². The minimum Gasteiger partial charge on any atom is -0.314 e. The van der Waals surface area contributed by atoms with E-state index in [0.717, 1.165) is 17.6 Å². The van der Waals surface area contributed by atoms with Gasteiger partial charge in [0.15, 0.2) is 0 Å². The molecule has 2 aromatic carbocycles. The molecule has 0 bridgehead atoms. The van der Waals surface area contributed by atoms with Crippen LogP contribution in [0.2, 0.25) is 0 Å². The maximum absolute atomic E-state index is 12.9. The van der Waals surface area contributed by atoms with E-state index in [4.69, 9.17) is 0 Å². The molecule has 3 heteroatoms. The lowest BCUT2D eigenvalue weighted by atomic mass is 9.98. The molecular weight excluding hydrogens is 314 g/mol. The summed E-state index contributed by atoms with van der Waals surface area (Å²) in [6.45, 7) is 0.610. The van der Waals surface area contributed by atoms with Crippen LogP contribution in [-0.4, -0.2) is 23.1 Å². The van der Waals surface area contributed by atoms with Crippen molar-refractivity contribution in [3.63, 3.8) is 0 Å². The molecule has 0 spiro atoms. The third-order valence-electron chi connectivity index (χ3n) is 4.23. The molecule has 0 radical (unpaired) electrons. The fraction of sp³-hybridized carbons (Fsp3) is 0.190. The Morgan fingerprint density at radius 1 is 1.04 bits per heavy atom. The van der Waals surface area contributed by atoms with Crippen LogP contribution in [-0.2, 0) is 11.2 Å². The lowest BCUT2D eigenvalue weighted by Crippen LogP contribution is -2.36. The van der Waals surface area contributed by atoms with Crippen molar-refractivity contribution in [1.82, 2.24) is 4.90 Å². The van der Waals surface area contributed by atoms with Crippen LogP contribution in [0.15, 0.2) is 79.0 Å². The van der Waals surface area contributed by atoms with Crippen LogP contribution >= 0.6 is 12.6 Å². The zero-order valence-electron chi connectivity index (χ0n) is 13.5. The summed E-state index contributed by atoms with van der Waals surface area (Å²) in [5.41, 5.74) is 3.49. The molecule has 1 aliphatic heterocycles. The van der Waals surface area contributed by atoms with E-state index in [1.165, 1.54) is 5.56 Å². The Hall–Kier alpha value is -2.26. The van der Waals surface area contributed by atoms with Gasteiger partial charge in [0.05, 0.1) is 12.5 Å². The van der Waals surface area contributed by atoms with E-state index in [1.807, 2.05) is 53.6 Å². The quantitative estimate of drug-likeness (QED) is 0.812. The summed E-state index contributed by atoms with van der Waals surface area (Å²) >= 11 is 4.41. The van der Waals surface area contributed by atoms with Gasteiger partial charge in [0, 0.05) is 12.0 Å². The van der Waals surface area contributed by atoms with Crippen molar-refractivity contribution in [3.05, 3.63) is 90.1 Å². The molecule has 0 fully saturated rings. The van der Waals surface area contributed by atoms with E-state index in [9.17, 15) is 4.79 Å². The molecule has 1 aliphatic rings. The van der Waals surface area contributed by atoms with E-state index in [2.05, 4.69) is 43.0 Å². The normalized spacial score (nSPS) is 15.0. The molecule has 1 amide bonds. The smallest absolute Gasteiger partial charge is 0.231 e. The first-order valence-electron chi connectivity index (χ1n) is 8.16.